The van der Waals surface area contributed by atoms with E-state index in [1.165, 1.54) is 6.07 Å². The molecule has 0 aliphatic carbocycles. The first kappa shape index (κ1) is 12.1. The highest BCUT2D eigenvalue weighted by molar-refractivity contribution is 5.82. The summed E-state index contributed by atoms with van der Waals surface area (Å²) in [4.78, 5) is 2.10. The van der Waals surface area contributed by atoms with Gasteiger partial charge in [0.25, 0.3) is 0 Å². The summed E-state index contributed by atoms with van der Waals surface area (Å²) in [6, 6.07) is 7.61. The van der Waals surface area contributed by atoms with Crippen LogP contribution in [-0.2, 0) is 6.54 Å². The Morgan fingerprint density at radius 3 is 2.59 bits per heavy atom. The highest BCUT2D eigenvalue weighted by atomic mass is 19.1. The van der Waals surface area contributed by atoms with E-state index in [9.17, 15) is 4.39 Å². The van der Waals surface area contributed by atoms with E-state index < -0.39 is 0 Å². The van der Waals surface area contributed by atoms with Gasteiger partial charge in [0.2, 0.25) is 0 Å². The smallest absolute Gasteiger partial charge is 0.147 e. The first-order valence-corrected chi connectivity index (χ1v) is 5.93. The zero-order valence-corrected chi connectivity index (χ0v) is 10.9. The Morgan fingerprint density at radius 2 is 2.00 bits per heavy atom. The fraction of sp³-hybridized carbons (Fsp3) is 0.429. The Kier molecular flexibility index (Phi) is 3.20. The molecule has 0 aliphatic rings. The summed E-state index contributed by atoms with van der Waals surface area (Å²) >= 11 is 0. The maximum absolute atomic E-state index is 13.9. The van der Waals surface area contributed by atoms with Gasteiger partial charge in [-0.1, -0.05) is 12.1 Å². The zero-order chi connectivity index (χ0) is 12.6. The van der Waals surface area contributed by atoms with Crippen molar-refractivity contribution in [2.45, 2.75) is 26.4 Å². The fourth-order valence-electron chi connectivity index (χ4n) is 2.33. The van der Waals surface area contributed by atoms with Gasteiger partial charge >= 0.3 is 0 Å². The van der Waals surface area contributed by atoms with E-state index >= 15 is 0 Å². The SMILES string of the molecule is CC(C)n1c(CN(C)C)cc2cccc(F)c21. The van der Waals surface area contributed by atoms with Crippen LogP contribution in [0.2, 0.25) is 0 Å². The zero-order valence-electron chi connectivity index (χ0n) is 10.9. The van der Waals surface area contributed by atoms with Crippen molar-refractivity contribution in [2.24, 2.45) is 0 Å². The number of halogens is 1. The van der Waals surface area contributed by atoms with Crippen LogP contribution in [0.5, 0.6) is 0 Å². The summed E-state index contributed by atoms with van der Waals surface area (Å²) in [7, 11) is 4.05. The number of hydrogen-bond donors (Lipinski definition) is 0. The van der Waals surface area contributed by atoms with Crippen LogP contribution < -0.4 is 0 Å². The second-order valence-corrected chi connectivity index (χ2v) is 5.01. The molecule has 0 amide bonds. The van der Waals surface area contributed by atoms with Crippen LogP contribution in [0.4, 0.5) is 4.39 Å². The van der Waals surface area contributed by atoms with Gasteiger partial charge in [-0.3, -0.25) is 0 Å². The van der Waals surface area contributed by atoms with Crippen LogP contribution in [0.3, 0.4) is 0 Å². The first-order valence-electron chi connectivity index (χ1n) is 5.93. The molecule has 0 saturated heterocycles. The van der Waals surface area contributed by atoms with Gasteiger partial charge in [0.05, 0.1) is 5.52 Å². The molecule has 0 fully saturated rings. The largest absolute Gasteiger partial charge is 0.338 e. The molecule has 17 heavy (non-hydrogen) atoms. The van der Waals surface area contributed by atoms with Crippen molar-refractivity contribution in [3.63, 3.8) is 0 Å². The lowest BCUT2D eigenvalue weighted by atomic mass is 10.2. The minimum Gasteiger partial charge on any atom is -0.338 e. The maximum Gasteiger partial charge on any atom is 0.147 e. The Morgan fingerprint density at radius 1 is 1.29 bits per heavy atom. The van der Waals surface area contributed by atoms with Crippen LogP contribution in [0.15, 0.2) is 24.3 Å². The Labute approximate surface area is 102 Å². The van der Waals surface area contributed by atoms with E-state index in [4.69, 9.17) is 0 Å². The number of para-hydroxylation sites is 1. The van der Waals surface area contributed by atoms with Gasteiger partial charge in [0.1, 0.15) is 5.82 Å². The van der Waals surface area contributed by atoms with Crippen LogP contribution >= 0.6 is 0 Å². The molecule has 1 heterocycles. The molecule has 0 spiro atoms. The van der Waals surface area contributed by atoms with Crippen molar-refractivity contribution >= 4 is 10.9 Å². The highest BCUT2D eigenvalue weighted by Crippen LogP contribution is 2.26. The van der Waals surface area contributed by atoms with Crippen LogP contribution in [0, 0.1) is 5.82 Å². The molecule has 2 rings (SSSR count). The number of benzene rings is 1. The third-order valence-electron chi connectivity index (χ3n) is 2.89. The van der Waals surface area contributed by atoms with Crippen molar-refractivity contribution in [3.8, 4) is 0 Å². The van der Waals surface area contributed by atoms with Crippen LogP contribution in [0.1, 0.15) is 25.6 Å². The average Bonchev–Trinajstić information content (AvgIpc) is 2.56. The molecule has 0 bridgehead atoms. The summed E-state index contributed by atoms with van der Waals surface area (Å²) < 4.78 is 16.0. The Bertz CT molecular complexity index is 526. The average molecular weight is 234 g/mol. The molecule has 0 unspecified atom stereocenters. The van der Waals surface area contributed by atoms with Crippen molar-refractivity contribution in [1.82, 2.24) is 9.47 Å². The van der Waals surface area contributed by atoms with Gasteiger partial charge in [-0.25, -0.2) is 4.39 Å². The van der Waals surface area contributed by atoms with E-state index in [1.807, 2.05) is 20.2 Å². The minimum atomic E-state index is -0.138. The molecule has 1 aromatic carbocycles. The minimum absolute atomic E-state index is 0.138. The topological polar surface area (TPSA) is 8.17 Å². The van der Waals surface area contributed by atoms with Crippen molar-refractivity contribution < 1.29 is 4.39 Å². The lowest BCUT2D eigenvalue weighted by Crippen LogP contribution is -2.15. The van der Waals surface area contributed by atoms with Gasteiger partial charge in [0, 0.05) is 23.7 Å². The van der Waals surface area contributed by atoms with E-state index in [1.54, 1.807) is 6.07 Å². The molecule has 0 aliphatic heterocycles. The third kappa shape index (κ3) is 2.20. The molecule has 1 aromatic heterocycles. The number of nitrogens with zero attached hydrogens (tertiary/aromatic N) is 2. The molecule has 2 nitrogen and oxygen atoms in total. The van der Waals surface area contributed by atoms with E-state index in [0.29, 0.717) is 0 Å². The molecular formula is C14H19FN2. The first-order chi connectivity index (χ1) is 8.00. The number of aromatic nitrogens is 1. The monoisotopic (exact) mass is 234 g/mol. The molecular weight excluding hydrogens is 215 g/mol. The maximum atomic E-state index is 13.9. The molecule has 0 N–H and O–H groups in total. The summed E-state index contributed by atoms with van der Waals surface area (Å²) in [5.74, 6) is -0.138. The third-order valence-corrected chi connectivity index (χ3v) is 2.89. The van der Waals surface area contributed by atoms with Crippen molar-refractivity contribution in [3.05, 3.63) is 35.8 Å². The van der Waals surface area contributed by atoms with Crippen LogP contribution in [-0.4, -0.2) is 23.6 Å². The van der Waals surface area contributed by atoms with Gasteiger partial charge in [0.15, 0.2) is 0 Å². The van der Waals surface area contributed by atoms with Gasteiger partial charge < -0.3 is 9.47 Å². The molecule has 2 aromatic rings. The molecule has 0 atom stereocenters. The summed E-state index contributed by atoms with van der Waals surface area (Å²) in [6.45, 7) is 5.00. The van der Waals surface area contributed by atoms with Crippen LogP contribution in [0.25, 0.3) is 10.9 Å². The lowest BCUT2D eigenvalue weighted by Gasteiger charge is -2.17. The molecule has 0 saturated carbocycles. The predicted octanol–water partition coefficient (Wildman–Crippen LogP) is 3.42. The molecule has 3 heteroatoms. The second-order valence-electron chi connectivity index (χ2n) is 5.01. The molecule has 0 radical (unpaired) electrons. The quantitative estimate of drug-likeness (QED) is 0.790. The van der Waals surface area contributed by atoms with E-state index in [2.05, 4.69) is 29.4 Å². The molecule has 92 valence electrons. The predicted molar refractivity (Wildman–Crippen MR) is 69.7 cm³/mol. The van der Waals surface area contributed by atoms with Crippen molar-refractivity contribution in [2.75, 3.05) is 14.1 Å². The standard InChI is InChI=1S/C14H19FN2/c1-10(2)17-12(9-16(3)4)8-11-6-5-7-13(15)14(11)17/h5-8,10H,9H2,1-4H3. The van der Waals surface area contributed by atoms with Gasteiger partial charge in [-0.15, -0.1) is 0 Å². The fourth-order valence-corrected chi connectivity index (χ4v) is 2.33. The summed E-state index contributed by atoms with van der Waals surface area (Å²) in [5, 5.41) is 0.982. The summed E-state index contributed by atoms with van der Waals surface area (Å²) in [5.41, 5.74) is 1.88. The van der Waals surface area contributed by atoms with Gasteiger partial charge in [-0.2, -0.15) is 0 Å². The van der Waals surface area contributed by atoms with Gasteiger partial charge in [-0.05, 0) is 40.1 Å². The van der Waals surface area contributed by atoms with E-state index in [0.717, 1.165) is 23.1 Å². The number of fused-ring (bicyclic) bond motifs is 1. The Balaban J connectivity index is 2.67. The number of hydrogen-bond acceptors (Lipinski definition) is 1. The number of rotatable bonds is 3. The summed E-state index contributed by atoms with van der Waals surface area (Å²) in [6.07, 6.45) is 0. The lowest BCUT2D eigenvalue weighted by molar-refractivity contribution is 0.383. The van der Waals surface area contributed by atoms with Crippen molar-refractivity contribution in [1.29, 1.82) is 0 Å². The Hall–Kier alpha value is -1.35. The highest BCUT2D eigenvalue weighted by Gasteiger charge is 2.14. The normalized spacial score (nSPS) is 11.9. The van der Waals surface area contributed by atoms with E-state index in [-0.39, 0.29) is 11.9 Å². The second kappa shape index (κ2) is 4.49.